The SMILES string of the molecule is CNC(=O)c1ccc(Cl)nc1C.CO. The van der Waals surface area contributed by atoms with Crippen molar-refractivity contribution in [1.29, 1.82) is 0 Å². The Balaban J connectivity index is 0.000000791. The maximum atomic E-state index is 11.2. The number of aryl methyl sites for hydroxylation is 1. The maximum absolute atomic E-state index is 11.2. The zero-order valence-electron chi connectivity index (χ0n) is 8.34. The van der Waals surface area contributed by atoms with Gasteiger partial charge in [-0.25, -0.2) is 4.98 Å². The number of nitrogens with zero attached hydrogens (tertiary/aromatic N) is 1. The zero-order valence-corrected chi connectivity index (χ0v) is 9.09. The van der Waals surface area contributed by atoms with Crippen LogP contribution in [-0.4, -0.2) is 30.2 Å². The number of amides is 1. The summed E-state index contributed by atoms with van der Waals surface area (Å²) < 4.78 is 0. The molecule has 0 unspecified atom stereocenters. The van der Waals surface area contributed by atoms with Crippen molar-refractivity contribution in [1.82, 2.24) is 10.3 Å². The average Bonchev–Trinajstić information content (AvgIpc) is 2.20. The van der Waals surface area contributed by atoms with Crippen molar-refractivity contribution in [2.45, 2.75) is 6.92 Å². The van der Waals surface area contributed by atoms with Crippen LogP contribution in [0, 0.1) is 6.92 Å². The van der Waals surface area contributed by atoms with Crippen LogP contribution in [0.2, 0.25) is 5.15 Å². The van der Waals surface area contributed by atoms with Crippen molar-refractivity contribution in [2.75, 3.05) is 14.2 Å². The first kappa shape index (κ1) is 12.9. The van der Waals surface area contributed by atoms with E-state index in [1.165, 1.54) is 0 Å². The van der Waals surface area contributed by atoms with Gasteiger partial charge in [0.25, 0.3) is 5.91 Å². The molecule has 0 atom stereocenters. The third-order valence-electron chi connectivity index (χ3n) is 1.52. The van der Waals surface area contributed by atoms with Gasteiger partial charge in [-0.1, -0.05) is 11.6 Å². The van der Waals surface area contributed by atoms with Crippen LogP contribution in [0.3, 0.4) is 0 Å². The molecule has 1 aromatic rings. The fourth-order valence-electron chi connectivity index (χ4n) is 0.905. The number of carbonyl (C=O) groups is 1. The molecule has 0 saturated carbocycles. The van der Waals surface area contributed by atoms with Gasteiger partial charge in [0.2, 0.25) is 0 Å². The first-order chi connectivity index (χ1) is 6.65. The highest BCUT2D eigenvalue weighted by molar-refractivity contribution is 6.29. The minimum atomic E-state index is -0.142. The van der Waals surface area contributed by atoms with Gasteiger partial charge < -0.3 is 10.4 Å². The number of halogens is 1. The minimum absolute atomic E-state index is 0.142. The lowest BCUT2D eigenvalue weighted by Gasteiger charge is -2.02. The van der Waals surface area contributed by atoms with E-state index in [2.05, 4.69) is 10.3 Å². The van der Waals surface area contributed by atoms with E-state index in [9.17, 15) is 4.79 Å². The molecule has 2 N–H and O–H groups in total. The molecule has 0 radical (unpaired) electrons. The fourth-order valence-corrected chi connectivity index (χ4v) is 1.09. The van der Waals surface area contributed by atoms with E-state index in [1.54, 1.807) is 26.1 Å². The number of rotatable bonds is 1. The molecule has 5 heteroatoms. The summed E-state index contributed by atoms with van der Waals surface area (Å²) in [7, 11) is 2.58. The van der Waals surface area contributed by atoms with Crippen LogP contribution in [-0.2, 0) is 0 Å². The van der Waals surface area contributed by atoms with Crippen LogP contribution in [0.5, 0.6) is 0 Å². The van der Waals surface area contributed by atoms with E-state index >= 15 is 0 Å². The number of nitrogens with one attached hydrogen (secondary N) is 1. The van der Waals surface area contributed by atoms with Gasteiger partial charge in [0.15, 0.2) is 0 Å². The van der Waals surface area contributed by atoms with Crippen LogP contribution in [0.15, 0.2) is 12.1 Å². The molecule has 0 bridgehead atoms. The van der Waals surface area contributed by atoms with Gasteiger partial charge >= 0.3 is 0 Å². The molecule has 78 valence electrons. The summed E-state index contributed by atoms with van der Waals surface area (Å²) in [5, 5.41) is 9.92. The van der Waals surface area contributed by atoms with Gasteiger partial charge in [-0.2, -0.15) is 0 Å². The molecule has 0 aliphatic carbocycles. The van der Waals surface area contributed by atoms with Crippen molar-refractivity contribution < 1.29 is 9.90 Å². The summed E-state index contributed by atoms with van der Waals surface area (Å²) in [5.41, 5.74) is 1.20. The Morgan fingerprint density at radius 2 is 2.07 bits per heavy atom. The van der Waals surface area contributed by atoms with Crippen molar-refractivity contribution in [3.05, 3.63) is 28.5 Å². The topological polar surface area (TPSA) is 62.2 Å². The number of aliphatic hydroxyl groups is 1. The summed E-state index contributed by atoms with van der Waals surface area (Å²) in [6.45, 7) is 1.75. The van der Waals surface area contributed by atoms with E-state index in [0.29, 0.717) is 16.4 Å². The standard InChI is InChI=1S/C8H9ClN2O.CH4O/c1-5-6(8(12)10-2)3-4-7(9)11-5;1-2/h3-4H,1-2H3,(H,10,12);2H,1H3. The number of hydrogen-bond acceptors (Lipinski definition) is 3. The lowest BCUT2D eigenvalue weighted by Crippen LogP contribution is -2.19. The number of aromatic nitrogens is 1. The highest BCUT2D eigenvalue weighted by Crippen LogP contribution is 2.09. The van der Waals surface area contributed by atoms with Crippen LogP contribution < -0.4 is 5.32 Å². The summed E-state index contributed by atoms with van der Waals surface area (Å²) in [5.74, 6) is -0.142. The summed E-state index contributed by atoms with van der Waals surface area (Å²) in [6, 6.07) is 3.25. The van der Waals surface area contributed by atoms with Gasteiger partial charge in [-0.3, -0.25) is 4.79 Å². The molecule has 0 saturated heterocycles. The monoisotopic (exact) mass is 216 g/mol. The van der Waals surface area contributed by atoms with Crippen LogP contribution in [0.25, 0.3) is 0 Å². The number of pyridine rings is 1. The molecule has 0 aliphatic rings. The Morgan fingerprint density at radius 3 is 2.50 bits per heavy atom. The third-order valence-corrected chi connectivity index (χ3v) is 1.73. The first-order valence-electron chi connectivity index (χ1n) is 3.95. The van der Waals surface area contributed by atoms with E-state index in [1.807, 2.05) is 0 Å². The number of hydrogen-bond donors (Lipinski definition) is 2. The second-order valence-corrected chi connectivity index (χ2v) is 2.73. The largest absolute Gasteiger partial charge is 0.400 e. The quantitative estimate of drug-likeness (QED) is 0.689. The predicted octanol–water partition coefficient (Wildman–Crippen LogP) is 1.01. The molecule has 0 aromatic carbocycles. The normalized spacial score (nSPS) is 8.64. The maximum Gasteiger partial charge on any atom is 0.252 e. The Kier molecular flexibility index (Phi) is 5.83. The van der Waals surface area contributed by atoms with Crippen molar-refractivity contribution in [3.8, 4) is 0 Å². The molecule has 14 heavy (non-hydrogen) atoms. The molecule has 0 fully saturated rings. The highest BCUT2D eigenvalue weighted by Gasteiger charge is 2.07. The van der Waals surface area contributed by atoms with Gasteiger partial charge in [-0.05, 0) is 19.1 Å². The summed E-state index contributed by atoms with van der Waals surface area (Å²) >= 11 is 5.62. The third kappa shape index (κ3) is 3.32. The summed E-state index contributed by atoms with van der Waals surface area (Å²) in [6.07, 6.45) is 0. The molecular formula is C9H13ClN2O2. The Labute approximate surface area is 87.9 Å². The lowest BCUT2D eigenvalue weighted by molar-refractivity contribution is 0.0962. The summed E-state index contributed by atoms with van der Waals surface area (Å²) in [4.78, 5) is 15.1. The first-order valence-corrected chi connectivity index (χ1v) is 4.33. The van der Waals surface area contributed by atoms with Crippen LogP contribution >= 0.6 is 11.6 Å². The van der Waals surface area contributed by atoms with E-state index < -0.39 is 0 Å². The molecule has 0 spiro atoms. The second-order valence-electron chi connectivity index (χ2n) is 2.35. The Morgan fingerprint density at radius 1 is 1.50 bits per heavy atom. The molecule has 0 aliphatic heterocycles. The zero-order chi connectivity index (χ0) is 11.1. The lowest BCUT2D eigenvalue weighted by atomic mass is 10.2. The Hall–Kier alpha value is -1.13. The number of carbonyl (C=O) groups excluding carboxylic acids is 1. The van der Waals surface area contributed by atoms with E-state index in [4.69, 9.17) is 16.7 Å². The number of aliphatic hydroxyl groups excluding tert-OH is 1. The molecule has 1 rings (SSSR count). The van der Waals surface area contributed by atoms with Crippen molar-refractivity contribution in [2.24, 2.45) is 0 Å². The Bertz CT molecular complexity index is 316. The molecule has 4 nitrogen and oxygen atoms in total. The van der Waals surface area contributed by atoms with Gasteiger partial charge in [0, 0.05) is 14.2 Å². The van der Waals surface area contributed by atoms with Crippen LogP contribution in [0.1, 0.15) is 16.1 Å². The van der Waals surface area contributed by atoms with E-state index in [0.717, 1.165) is 7.11 Å². The minimum Gasteiger partial charge on any atom is -0.400 e. The average molecular weight is 217 g/mol. The highest BCUT2D eigenvalue weighted by atomic mass is 35.5. The molecule has 1 aromatic heterocycles. The van der Waals surface area contributed by atoms with Crippen molar-refractivity contribution in [3.63, 3.8) is 0 Å². The van der Waals surface area contributed by atoms with Gasteiger partial charge in [0.05, 0.1) is 11.3 Å². The predicted molar refractivity (Wildman–Crippen MR) is 55.5 cm³/mol. The fraction of sp³-hybridized carbons (Fsp3) is 0.333. The smallest absolute Gasteiger partial charge is 0.252 e. The molecule has 1 amide bonds. The van der Waals surface area contributed by atoms with Crippen LogP contribution in [0.4, 0.5) is 0 Å². The van der Waals surface area contributed by atoms with E-state index in [-0.39, 0.29) is 5.91 Å². The molecule has 1 heterocycles. The van der Waals surface area contributed by atoms with Crippen molar-refractivity contribution >= 4 is 17.5 Å². The van der Waals surface area contributed by atoms with Gasteiger partial charge in [0.1, 0.15) is 5.15 Å². The second kappa shape index (κ2) is 6.34. The van der Waals surface area contributed by atoms with Gasteiger partial charge in [-0.15, -0.1) is 0 Å². The molecular weight excluding hydrogens is 204 g/mol.